The summed E-state index contributed by atoms with van der Waals surface area (Å²) in [4.78, 5) is 4.79. The normalized spacial score (nSPS) is 11.3. The third kappa shape index (κ3) is 4.58. The van der Waals surface area contributed by atoms with Crippen molar-refractivity contribution in [3.05, 3.63) is 78.6 Å². The van der Waals surface area contributed by atoms with Gasteiger partial charge >= 0.3 is 6.61 Å². The van der Waals surface area contributed by atoms with Crippen LogP contribution in [0.2, 0.25) is 0 Å². The van der Waals surface area contributed by atoms with E-state index in [-0.39, 0.29) is 11.6 Å². The van der Waals surface area contributed by atoms with Crippen LogP contribution in [0.25, 0.3) is 28.2 Å². The van der Waals surface area contributed by atoms with Gasteiger partial charge in [0, 0.05) is 11.3 Å². The molecule has 0 amide bonds. The SMILES string of the molecule is COc1ccc(-n2c(CSc3nnc(-c4ccc(OC(F)F)cc4)o3)nc3ccccc32)cc1. The fourth-order valence-electron chi connectivity index (χ4n) is 3.48. The number of para-hydroxylation sites is 2. The number of ether oxygens (including phenoxy) is 2. The summed E-state index contributed by atoms with van der Waals surface area (Å²) >= 11 is 1.36. The standard InChI is InChI=1S/C24H18F2N4O3S/c1-31-17-12-8-16(9-13-17)30-20-5-3-2-4-19(20)27-21(30)14-34-24-29-28-22(33-24)15-6-10-18(11-7-15)32-23(25)26/h2-13,23H,14H2,1H3. The van der Waals surface area contributed by atoms with Crippen LogP contribution in [0.1, 0.15) is 5.82 Å². The number of alkyl halides is 2. The van der Waals surface area contributed by atoms with E-state index in [2.05, 4.69) is 19.5 Å². The molecule has 0 unspecified atom stereocenters. The average molecular weight is 480 g/mol. The number of rotatable bonds is 8. The van der Waals surface area contributed by atoms with E-state index in [4.69, 9.17) is 14.1 Å². The van der Waals surface area contributed by atoms with Gasteiger partial charge < -0.3 is 13.9 Å². The Bertz CT molecular complexity index is 1400. The van der Waals surface area contributed by atoms with Crippen LogP contribution >= 0.6 is 11.8 Å². The Morgan fingerprint density at radius 3 is 2.41 bits per heavy atom. The van der Waals surface area contributed by atoms with Crippen molar-refractivity contribution in [3.8, 4) is 28.6 Å². The van der Waals surface area contributed by atoms with Crippen molar-refractivity contribution in [2.45, 2.75) is 17.6 Å². The second-order valence-corrected chi connectivity index (χ2v) is 8.04. The van der Waals surface area contributed by atoms with E-state index < -0.39 is 6.61 Å². The highest BCUT2D eigenvalue weighted by Crippen LogP contribution is 2.30. The maximum Gasteiger partial charge on any atom is 0.387 e. The van der Waals surface area contributed by atoms with E-state index in [9.17, 15) is 8.78 Å². The maximum absolute atomic E-state index is 12.3. The van der Waals surface area contributed by atoms with Gasteiger partial charge in [-0.05, 0) is 60.7 Å². The van der Waals surface area contributed by atoms with Crippen LogP contribution in [0, 0.1) is 0 Å². The molecule has 0 aliphatic carbocycles. The lowest BCUT2D eigenvalue weighted by atomic mass is 10.2. The van der Waals surface area contributed by atoms with Crippen LogP contribution in [0.15, 0.2) is 82.4 Å². The molecule has 5 rings (SSSR count). The summed E-state index contributed by atoms with van der Waals surface area (Å²) in [6.45, 7) is -2.88. The Hall–Kier alpha value is -3.92. The van der Waals surface area contributed by atoms with Gasteiger partial charge in [0.05, 0.1) is 23.9 Å². The highest BCUT2D eigenvalue weighted by atomic mass is 32.2. The molecule has 0 radical (unpaired) electrons. The highest BCUT2D eigenvalue weighted by molar-refractivity contribution is 7.98. The Morgan fingerprint density at radius 2 is 1.68 bits per heavy atom. The summed E-state index contributed by atoms with van der Waals surface area (Å²) < 4.78 is 42.1. The molecular formula is C24H18F2N4O3S. The molecule has 0 bridgehead atoms. The van der Waals surface area contributed by atoms with E-state index in [1.54, 1.807) is 19.2 Å². The molecule has 0 N–H and O–H groups in total. The number of halogens is 2. The number of hydrogen-bond acceptors (Lipinski definition) is 7. The van der Waals surface area contributed by atoms with Crippen LogP contribution in [0.5, 0.6) is 11.5 Å². The summed E-state index contributed by atoms with van der Waals surface area (Å²) in [5.41, 5.74) is 3.43. The van der Waals surface area contributed by atoms with E-state index in [1.165, 1.54) is 23.9 Å². The lowest BCUT2D eigenvalue weighted by Gasteiger charge is -2.09. The zero-order chi connectivity index (χ0) is 23.5. The van der Waals surface area contributed by atoms with Crippen LogP contribution in [0.4, 0.5) is 8.78 Å². The zero-order valence-electron chi connectivity index (χ0n) is 17.9. The molecule has 2 heterocycles. The van der Waals surface area contributed by atoms with Crippen LogP contribution in [-0.4, -0.2) is 33.5 Å². The number of fused-ring (bicyclic) bond motifs is 1. The zero-order valence-corrected chi connectivity index (χ0v) is 18.7. The minimum atomic E-state index is -2.88. The molecule has 0 fully saturated rings. The average Bonchev–Trinajstić information content (AvgIpc) is 3.47. The molecule has 0 aliphatic heterocycles. The molecule has 7 nitrogen and oxygen atoms in total. The molecule has 0 saturated heterocycles. The van der Waals surface area contributed by atoms with Crippen molar-refractivity contribution < 1.29 is 22.7 Å². The number of thioether (sulfide) groups is 1. The number of imidazole rings is 1. The van der Waals surface area contributed by atoms with Gasteiger partial charge in [0.2, 0.25) is 5.89 Å². The number of hydrogen-bond donors (Lipinski definition) is 0. The van der Waals surface area contributed by atoms with E-state index in [1.807, 2.05) is 48.5 Å². The first-order chi connectivity index (χ1) is 16.6. The van der Waals surface area contributed by atoms with E-state index in [0.717, 1.165) is 28.3 Å². The summed E-state index contributed by atoms with van der Waals surface area (Å²) in [5, 5.41) is 8.53. The summed E-state index contributed by atoms with van der Waals surface area (Å²) in [6, 6.07) is 21.7. The molecule has 5 aromatic rings. The molecule has 0 saturated carbocycles. The summed E-state index contributed by atoms with van der Waals surface area (Å²) in [5.74, 6) is 2.43. The van der Waals surface area contributed by atoms with Gasteiger partial charge in [-0.2, -0.15) is 8.78 Å². The Kier molecular flexibility index (Phi) is 6.13. The van der Waals surface area contributed by atoms with Gasteiger partial charge in [-0.3, -0.25) is 4.57 Å². The van der Waals surface area contributed by atoms with Gasteiger partial charge in [0.15, 0.2) is 0 Å². The first-order valence-corrected chi connectivity index (χ1v) is 11.2. The minimum absolute atomic E-state index is 0.0605. The van der Waals surface area contributed by atoms with Crippen LogP contribution in [-0.2, 0) is 5.75 Å². The molecule has 172 valence electrons. The number of benzene rings is 3. The molecule has 0 aliphatic rings. The van der Waals surface area contributed by atoms with Crippen molar-refractivity contribution in [2.75, 3.05) is 7.11 Å². The van der Waals surface area contributed by atoms with Gasteiger partial charge in [-0.15, -0.1) is 10.2 Å². The Balaban J connectivity index is 1.37. The van der Waals surface area contributed by atoms with E-state index >= 15 is 0 Å². The summed E-state index contributed by atoms with van der Waals surface area (Å²) in [6.07, 6.45) is 0. The third-order valence-electron chi connectivity index (χ3n) is 5.02. The Labute approximate surface area is 197 Å². The van der Waals surface area contributed by atoms with Gasteiger partial charge in [0.1, 0.15) is 17.3 Å². The fraction of sp³-hybridized carbons (Fsp3) is 0.125. The van der Waals surface area contributed by atoms with Gasteiger partial charge in [0.25, 0.3) is 5.22 Å². The second-order valence-electron chi connectivity index (χ2n) is 7.11. The van der Waals surface area contributed by atoms with Crippen LogP contribution < -0.4 is 9.47 Å². The molecule has 0 atom stereocenters. The van der Waals surface area contributed by atoms with Crippen molar-refractivity contribution >= 4 is 22.8 Å². The third-order valence-corrected chi connectivity index (χ3v) is 5.83. The quantitative estimate of drug-likeness (QED) is 0.253. The smallest absolute Gasteiger partial charge is 0.387 e. The summed E-state index contributed by atoms with van der Waals surface area (Å²) in [7, 11) is 1.63. The minimum Gasteiger partial charge on any atom is -0.497 e. The topological polar surface area (TPSA) is 75.2 Å². The maximum atomic E-state index is 12.3. The number of nitrogens with zero attached hydrogens (tertiary/aromatic N) is 4. The molecule has 2 aromatic heterocycles. The second kappa shape index (κ2) is 9.52. The van der Waals surface area contributed by atoms with Gasteiger partial charge in [-0.1, -0.05) is 23.9 Å². The number of methoxy groups -OCH3 is 1. The lowest BCUT2D eigenvalue weighted by Crippen LogP contribution is -2.01. The first-order valence-electron chi connectivity index (χ1n) is 10.2. The lowest BCUT2D eigenvalue weighted by molar-refractivity contribution is -0.0498. The molecule has 10 heteroatoms. The molecule has 0 spiro atoms. The van der Waals surface area contributed by atoms with Crippen molar-refractivity contribution in [3.63, 3.8) is 0 Å². The van der Waals surface area contributed by atoms with Crippen molar-refractivity contribution in [2.24, 2.45) is 0 Å². The van der Waals surface area contributed by atoms with Gasteiger partial charge in [-0.25, -0.2) is 4.98 Å². The largest absolute Gasteiger partial charge is 0.497 e. The molecular weight excluding hydrogens is 462 g/mol. The molecule has 3 aromatic carbocycles. The predicted molar refractivity (Wildman–Crippen MR) is 124 cm³/mol. The van der Waals surface area contributed by atoms with E-state index in [0.29, 0.717) is 16.5 Å². The fourth-order valence-corrected chi connectivity index (χ4v) is 4.16. The van der Waals surface area contributed by atoms with Crippen molar-refractivity contribution in [1.82, 2.24) is 19.7 Å². The number of aromatic nitrogens is 4. The highest BCUT2D eigenvalue weighted by Gasteiger charge is 2.16. The predicted octanol–water partition coefficient (Wildman–Crippen LogP) is 5.98. The molecule has 34 heavy (non-hydrogen) atoms. The monoisotopic (exact) mass is 480 g/mol. The Morgan fingerprint density at radius 1 is 0.941 bits per heavy atom. The first kappa shape index (κ1) is 21.9. The van der Waals surface area contributed by atoms with Crippen LogP contribution in [0.3, 0.4) is 0 Å². The van der Waals surface area contributed by atoms with Crippen molar-refractivity contribution in [1.29, 1.82) is 0 Å².